The quantitative estimate of drug-likeness (QED) is 0.701. The first-order chi connectivity index (χ1) is 11.0. The summed E-state index contributed by atoms with van der Waals surface area (Å²) >= 11 is 0. The number of aryl methyl sites for hydroxylation is 1. The fourth-order valence-corrected chi connectivity index (χ4v) is 2.58. The van der Waals surface area contributed by atoms with Crippen molar-refractivity contribution in [3.63, 3.8) is 0 Å². The molecule has 1 fully saturated rings. The second kappa shape index (κ2) is 8.07. The molecular formula is C15H26N6O2. The van der Waals surface area contributed by atoms with Crippen LogP contribution in [0.1, 0.15) is 25.7 Å². The second-order valence-electron chi connectivity index (χ2n) is 6.24. The minimum Gasteiger partial charge on any atom is -0.338 e. The summed E-state index contributed by atoms with van der Waals surface area (Å²) < 4.78 is 1.96. The molecule has 1 aliphatic heterocycles. The first-order valence-electron chi connectivity index (χ1n) is 7.97. The number of nitrogens with zero attached hydrogens (tertiary/aromatic N) is 3. The van der Waals surface area contributed by atoms with Crippen molar-refractivity contribution in [2.45, 2.75) is 19.9 Å². The Balaban J connectivity index is 1.90. The second-order valence-corrected chi connectivity index (χ2v) is 6.24. The van der Waals surface area contributed by atoms with E-state index in [1.807, 2.05) is 36.6 Å². The lowest BCUT2D eigenvalue weighted by atomic mass is 10.1. The molecule has 8 heteroatoms. The van der Waals surface area contributed by atoms with Crippen LogP contribution in [-0.4, -0.2) is 59.1 Å². The van der Waals surface area contributed by atoms with E-state index in [0.29, 0.717) is 12.5 Å². The predicted molar refractivity (Wildman–Crippen MR) is 86.8 cm³/mol. The summed E-state index contributed by atoms with van der Waals surface area (Å²) in [6, 6.07) is -0.416. The van der Waals surface area contributed by atoms with Crippen molar-refractivity contribution in [3.8, 4) is 0 Å². The molecule has 0 aliphatic carbocycles. The van der Waals surface area contributed by atoms with Crippen LogP contribution in [-0.2, 0) is 11.8 Å². The van der Waals surface area contributed by atoms with Crippen molar-refractivity contribution in [2.75, 3.05) is 32.7 Å². The highest BCUT2D eigenvalue weighted by atomic mass is 16.2. The van der Waals surface area contributed by atoms with Crippen molar-refractivity contribution < 1.29 is 9.59 Å². The molecule has 0 aromatic carbocycles. The Morgan fingerprint density at radius 2 is 2.26 bits per heavy atom. The van der Waals surface area contributed by atoms with Crippen LogP contribution < -0.4 is 16.0 Å². The number of imidazole rings is 1. The van der Waals surface area contributed by atoms with E-state index in [0.717, 1.165) is 25.5 Å². The van der Waals surface area contributed by atoms with Crippen LogP contribution in [0.5, 0.6) is 0 Å². The van der Waals surface area contributed by atoms with Gasteiger partial charge >= 0.3 is 6.03 Å². The highest BCUT2D eigenvalue weighted by molar-refractivity contribution is 5.95. The van der Waals surface area contributed by atoms with Gasteiger partial charge in [0.05, 0.1) is 12.6 Å². The Morgan fingerprint density at radius 1 is 1.48 bits per heavy atom. The number of amides is 3. The van der Waals surface area contributed by atoms with Crippen molar-refractivity contribution >= 4 is 11.9 Å². The number of hydrogen-bond acceptors (Lipinski definition) is 5. The average molecular weight is 322 g/mol. The van der Waals surface area contributed by atoms with Crippen molar-refractivity contribution in [1.29, 1.82) is 0 Å². The molecule has 2 rings (SSSR count). The molecule has 1 aliphatic rings. The molecule has 0 radical (unpaired) electrons. The van der Waals surface area contributed by atoms with E-state index >= 15 is 0 Å². The first-order valence-corrected chi connectivity index (χ1v) is 7.97. The molecule has 1 aromatic rings. The number of imide groups is 1. The minimum absolute atomic E-state index is 0.0215. The van der Waals surface area contributed by atoms with Gasteiger partial charge in [0, 0.05) is 45.6 Å². The number of hydrogen-bond donors (Lipinski definition) is 3. The fourth-order valence-electron chi connectivity index (χ4n) is 2.58. The zero-order valence-electron chi connectivity index (χ0n) is 14.0. The number of carbonyl (C=O) groups excluding carboxylic acids is 2. The van der Waals surface area contributed by atoms with Gasteiger partial charge in [-0.15, -0.1) is 0 Å². The minimum atomic E-state index is -0.438. The summed E-state index contributed by atoms with van der Waals surface area (Å²) in [4.78, 5) is 30.2. The van der Waals surface area contributed by atoms with E-state index in [1.54, 1.807) is 6.20 Å². The summed E-state index contributed by atoms with van der Waals surface area (Å²) in [7, 11) is 1.94. The zero-order valence-corrected chi connectivity index (χ0v) is 14.0. The van der Waals surface area contributed by atoms with Gasteiger partial charge in [-0.25, -0.2) is 9.78 Å². The summed E-state index contributed by atoms with van der Waals surface area (Å²) in [5.74, 6) is 0.957. The van der Waals surface area contributed by atoms with E-state index in [2.05, 4.69) is 20.9 Å². The maximum Gasteiger partial charge on any atom is 0.321 e. The molecule has 0 saturated carbocycles. The third-order valence-electron chi connectivity index (χ3n) is 3.78. The lowest BCUT2D eigenvalue weighted by molar-refractivity contribution is -0.122. The average Bonchev–Trinajstić information content (AvgIpc) is 2.91. The van der Waals surface area contributed by atoms with Crippen LogP contribution in [0.3, 0.4) is 0 Å². The van der Waals surface area contributed by atoms with E-state index in [1.165, 1.54) is 0 Å². The van der Waals surface area contributed by atoms with E-state index < -0.39 is 6.03 Å². The van der Waals surface area contributed by atoms with E-state index in [9.17, 15) is 9.59 Å². The number of aromatic nitrogens is 2. The molecule has 0 spiro atoms. The monoisotopic (exact) mass is 322 g/mol. The number of carbonyl (C=O) groups is 2. The lowest BCUT2D eigenvalue weighted by Gasteiger charge is -2.35. The fraction of sp³-hybridized carbons (Fsp3) is 0.667. The van der Waals surface area contributed by atoms with Gasteiger partial charge in [0.25, 0.3) is 0 Å². The first kappa shape index (κ1) is 17.4. The van der Waals surface area contributed by atoms with Crippen LogP contribution >= 0.6 is 0 Å². The maximum atomic E-state index is 12.1. The number of urea groups is 1. The Hall–Kier alpha value is -1.93. The molecule has 1 atom stereocenters. The molecule has 0 bridgehead atoms. The van der Waals surface area contributed by atoms with Crippen LogP contribution in [0.2, 0.25) is 0 Å². The molecule has 2 heterocycles. The van der Waals surface area contributed by atoms with Gasteiger partial charge in [-0.1, -0.05) is 13.8 Å². The molecule has 1 unspecified atom stereocenters. The maximum absolute atomic E-state index is 12.1. The van der Waals surface area contributed by atoms with Gasteiger partial charge in [-0.2, -0.15) is 0 Å². The van der Waals surface area contributed by atoms with Crippen LogP contribution in [0, 0.1) is 5.92 Å². The lowest BCUT2D eigenvalue weighted by Crippen LogP contribution is -2.51. The standard InChI is InChI=1S/C15H26N6O2/c1-11(2)8-18-15(23)19-13(22)10-21-7-4-16-9-12(21)14-17-5-6-20(14)3/h5-6,11-12,16H,4,7-10H2,1-3H3,(H2,18,19,22,23). The Bertz CT molecular complexity index is 542. The molecule has 128 valence electrons. The van der Waals surface area contributed by atoms with E-state index in [4.69, 9.17) is 0 Å². The smallest absolute Gasteiger partial charge is 0.321 e. The number of rotatable bonds is 5. The largest absolute Gasteiger partial charge is 0.338 e. The zero-order chi connectivity index (χ0) is 16.8. The highest BCUT2D eigenvalue weighted by Gasteiger charge is 2.28. The summed E-state index contributed by atoms with van der Waals surface area (Å²) in [6.45, 7) is 7.00. The van der Waals surface area contributed by atoms with Gasteiger partial charge < -0.3 is 15.2 Å². The molecule has 3 amide bonds. The molecule has 8 nitrogen and oxygen atoms in total. The van der Waals surface area contributed by atoms with Crippen molar-refractivity contribution in [3.05, 3.63) is 18.2 Å². The third kappa shape index (κ3) is 5.04. The molecular weight excluding hydrogens is 296 g/mol. The summed E-state index contributed by atoms with van der Waals surface area (Å²) in [5, 5.41) is 8.39. The molecule has 1 aromatic heterocycles. The van der Waals surface area contributed by atoms with Gasteiger partial charge in [-0.3, -0.25) is 15.0 Å². The normalized spacial score (nSPS) is 18.9. The third-order valence-corrected chi connectivity index (χ3v) is 3.78. The SMILES string of the molecule is CC(C)CNC(=O)NC(=O)CN1CCNCC1c1nccn1C. The van der Waals surface area contributed by atoms with Gasteiger partial charge in [0.2, 0.25) is 5.91 Å². The van der Waals surface area contributed by atoms with Crippen LogP contribution in [0.4, 0.5) is 4.79 Å². The van der Waals surface area contributed by atoms with Crippen LogP contribution in [0.15, 0.2) is 12.4 Å². The number of nitrogens with one attached hydrogen (secondary N) is 3. The number of piperazine rings is 1. The van der Waals surface area contributed by atoms with Gasteiger partial charge in [0.1, 0.15) is 5.82 Å². The van der Waals surface area contributed by atoms with Crippen LogP contribution in [0.25, 0.3) is 0 Å². The van der Waals surface area contributed by atoms with E-state index in [-0.39, 0.29) is 18.5 Å². The Morgan fingerprint density at radius 3 is 2.91 bits per heavy atom. The topological polar surface area (TPSA) is 91.3 Å². The van der Waals surface area contributed by atoms with Crippen molar-refractivity contribution in [2.24, 2.45) is 13.0 Å². The molecule has 1 saturated heterocycles. The Labute approximate surface area is 136 Å². The Kier molecular flexibility index (Phi) is 6.12. The highest BCUT2D eigenvalue weighted by Crippen LogP contribution is 2.19. The van der Waals surface area contributed by atoms with Crippen molar-refractivity contribution in [1.82, 2.24) is 30.4 Å². The van der Waals surface area contributed by atoms with Gasteiger partial charge in [0.15, 0.2) is 0 Å². The molecule has 23 heavy (non-hydrogen) atoms. The summed E-state index contributed by atoms with van der Waals surface area (Å²) in [5.41, 5.74) is 0. The molecule has 3 N–H and O–H groups in total. The van der Waals surface area contributed by atoms with Gasteiger partial charge in [-0.05, 0) is 5.92 Å². The predicted octanol–water partition coefficient (Wildman–Crippen LogP) is -0.152. The summed E-state index contributed by atoms with van der Waals surface area (Å²) in [6.07, 6.45) is 3.64.